The summed E-state index contributed by atoms with van der Waals surface area (Å²) in [5.41, 5.74) is 2.40. The molecule has 0 saturated carbocycles. The van der Waals surface area contributed by atoms with Crippen LogP contribution < -0.4 is 0 Å². The van der Waals surface area contributed by atoms with Gasteiger partial charge in [-0.2, -0.15) is 10.2 Å². The third kappa shape index (κ3) is 3.52. The normalized spacial score (nSPS) is 12.3. The lowest BCUT2D eigenvalue weighted by atomic mass is 10.1. The molecule has 1 aromatic carbocycles. The molecule has 0 amide bonds. The molecular formula is C12H16N2. The number of nitrogens with zero attached hydrogens (tertiary/aromatic N) is 2. The van der Waals surface area contributed by atoms with Crippen LogP contribution in [0, 0.1) is 0 Å². The highest BCUT2D eigenvalue weighted by Crippen LogP contribution is 2.10. The van der Waals surface area contributed by atoms with E-state index in [0.29, 0.717) is 0 Å². The molecule has 0 radical (unpaired) electrons. The first-order valence-corrected chi connectivity index (χ1v) is 4.85. The third-order valence-corrected chi connectivity index (χ3v) is 2.07. The van der Waals surface area contributed by atoms with E-state index < -0.39 is 0 Å². The monoisotopic (exact) mass is 188 g/mol. The van der Waals surface area contributed by atoms with Gasteiger partial charge in [0.1, 0.15) is 0 Å². The van der Waals surface area contributed by atoms with E-state index in [1.807, 2.05) is 19.1 Å². The molecule has 0 aliphatic rings. The van der Waals surface area contributed by atoms with Crippen LogP contribution in [-0.2, 0) is 6.42 Å². The van der Waals surface area contributed by atoms with E-state index in [1.54, 1.807) is 7.05 Å². The summed E-state index contributed by atoms with van der Waals surface area (Å²) in [5.74, 6) is 0. The van der Waals surface area contributed by atoms with E-state index in [1.165, 1.54) is 5.56 Å². The van der Waals surface area contributed by atoms with Gasteiger partial charge >= 0.3 is 0 Å². The predicted octanol–water partition coefficient (Wildman–Crippen LogP) is 3.61. The molecule has 1 aromatic rings. The van der Waals surface area contributed by atoms with Crippen LogP contribution >= 0.6 is 0 Å². The SMILES string of the molecule is C/C=C(/CCc1ccccc1)N=NC. The standard InChI is InChI=1S/C12H16N2/c1-3-12(14-13-2)10-9-11-7-5-4-6-8-11/h3-8H,9-10H2,1-2H3/b12-3-,14-13?. The quantitative estimate of drug-likeness (QED) is 0.645. The van der Waals surface area contributed by atoms with Gasteiger partial charge in [0.05, 0.1) is 5.70 Å². The first-order valence-electron chi connectivity index (χ1n) is 4.85. The van der Waals surface area contributed by atoms with E-state index in [-0.39, 0.29) is 0 Å². The van der Waals surface area contributed by atoms with Gasteiger partial charge in [-0.15, -0.1) is 0 Å². The van der Waals surface area contributed by atoms with Gasteiger partial charge in [0.25, 0.3) is 0 Å². The van der Waals surface area contributed by atoms with E-state index in [2.05, 4.69) is 34.5 Å². The number of rotatable bonds is 4. The van der Waals surface area contributed by atoms with Crippen LogP contribution in [0.5, 0.6) is 0 Å². The molecule has 0 bridgehead atoms. The Bertz CT molecular complexity index is 312. The zero-order chi connectivity index (χ0) is 10.2. The van der Waals surface area contributed by atoms with Crippen LogP contribution in [0.1, 0.15) is 18.9 Å². The molecule has 0 spiro atoms. The van der Waals surface area contributed by atoms with Gasteiger partial charge < -0.3 is 0 Å². The Hall–Kier alpha value is -1.44. The minimum atomic E-state index is 0.956. The Labute approximate surface area is 85.4 Å². The summed E-state index contributed by atoms with van der Waals surface area (Å²) in [6.45, 7) is 2.00. The van der Waals surface area contributed by atoms with Crippen LogP contribution in [-0.4, -0.2) is 7.05 Å². The van der Waals surface area contributed by atoms with Gasteiger partial charge in [-0.3, -0.25) is 0 Å². The summed E-state index contributed by atoms with van der Waals surface area (Å²) < 4.78 is 0. The van der Waals surface area contributed by atoms with Crippen LogP contribution in [0.3, 0.4) is 0 Å². The largest absolute Gasteiger partial charge is 0.192 e. The molecule has 2 nitrogen and oxygen atoms in total. The number of allylic oxidation sites excluding steroid dienone is 2. The molecule has 0 aromatic heterocycles. The molecule has 0 aliphatic carbocycles. The van der Waals surface area contributed by atoms with Crippen molar-refractivity contribution in [2.45, 2.75) is 19.8 Å². The molecule has 0 fully saturated rings. The van der Waals surface area contributed by atoms with Gasteiger partial charge in [-0.1, -0.05) is 36.4 Å². The van der Waals surface area contributed by atoms with Crippen molar-refractivity contribution in [3.05, 3.63) is 47.7 Å². The second kappa shape index (κ2) is 6.08. The van der Waals surface area contributed by atoms with Crippen molar-refractivity contribution >= 4 is 0 Å². The summed E-state index contributed by atoms with van der Waals surface area (Å²) >= 11 is 0. The Morgan fingerprint density at radius 1 is 1.29 bits per heavy atom. The molecule has 0 aliphatic heterocycles. The smallest absolute Gasteiger partial charge is 0.0586 e. The minimum absolute atomic E-state index is 0.956. The first-order chi connectivity index (χ1) is 6.86. The highest BCUT2D eigenvalue weighted by molar-refractivity contribution is 5.16. The fourth-order valence-electron chi connectivity index (χ4n) is 1.30. The second-order valence-electron chi connectivity index (χ2n) is 3.07. The summed E-state index contributed by atoms with van der Waals surface area (Å²) in [6.07, 6.45) is 3.99. The molecule has 74 valence electrons. The maximum absolute atomic E-state index is 4.04. The third-order valence-electron chi connectivity index (χ3n) is 2.07. The molecule has 0 atom stereocenters. The fourth-order valence-corrected chi connectivity index (χ4v) is 1.30. The number of azo groups is 1. The second-order valence-corrected chi connectivity index (χ2v) is 3.07. The number of benzene rings is 1. The summed E-state index contributed by atoms with van der Waals surface area (Å²) in [4.78, 5) is 0. The van der Waals surface area contributed by atoms with Crippen molar-refractivity contribution in [3.8, 4) is 0 Å². The van der Waals surface area contributed by atoms with Crippen molar-refractivity contribution in [1.29, 1.82) is 0 Å². The zero-order valence-electron chi connectivity index (χ0n) is 8.77. The Morgan fingerprint density at radius 3 is 2.57 bits per heavy atom. The van der Waals surface area contributed by atoms with Gasteiger partial charge in [0.15, 0.2) is 0 Å². The van der Waals surface area contributed by atoms with E-state index in [9.17, 15) is 0 Å². The van der Waals surface area contributed by atoms with Crippen LogP contribution in [0.15, 0.2) is 52.3 Å². The molecule has 0 unspecified atom stereocenters. The maximum Gasteiger partial charge on any atom is 0.0586 e. The minimum Gasteiger partial charge on any atom is -0.192 e. The molecular weight excluding hydrogens is 172 g/mol. The van der Waals surface area contributed by atoms with Crippen molar-refractivity contribution in [2.24, 2.45) is 10.2 Å². The Morgan fingerprint density at radius 2 is 2.00 bits per heavy atom. The average Bonchev–Trinajstić information content (AvgIpc) is 2.25. The van der Waals surface area contributed by atoms with Crippen molar-refractivity contribution < 1.29 is 0 Å². The Balaban J connectivity index is 2.48. The highest BCUT2D eigenvalue weighted by Gasteiger charge is 1.95. The zero-order valence-corrected chi connectivity index (χ0v) is 8.77. The first kappa shape index (κ1) is 10.6. The lowest BCUT2D eigenvalue weighted by Gasteiger charge is -2.00. The van der Waals surface area contributed by atoms with Crippen LogP contribution in [0.2, 0.25) is 0 Å². The summed E-state index contributed by atoms with van der Waals surface area (Å²) in [7, 11) is 1.70. The summed E-state index contributed by atoms with van der Waals surface area (Å²) in [5, 5.41) is 7.82. The number of aryl methyl sites for hydroxylation is 1. The topological polar surface area (TPSA) is 24.7 Å². The van der Waals surface area contributed by atoms with Crippen molar-refractivity contribution in [1.82, 2.24) is 0 Å². The van der Waals surface area contributed by atoms with Crippen LogP contribution in [0.25, 0.3) is 0 Å². The van der Waals surface area contributed by atoms with E-state index >= 15 is 0 Å². The number of hydrogen-bond acceptors (Lipinski definition) is 2. The predicted molar refractivity (Wildman–Crippen MR) is 59.3 cm³/mol. The van der Waals surface area contributed by atoms with Crippen molar-refractivity contribution in [3.63, 3.8) is 0 Å². The van der Waals surface area contributed by atoms with Gasteiger partial charge in [-0.05, 0) is 25.3 Å². The molecule has 0 saturated heterocycles. The van der Waals surface area contributed by atoms with Crippen molar-refractivity contribution in [2.75, 3.05) is 7.05 Å². The lowest BCUT2D eigenvalue weighted by molar-refractivity contribution is 0.888. The average molecular weight is 188 g/mol. The lowest BCUT2D eigenvalue weighted by Crippen LogP contribution is -1.86. The molecule has 1 rings (SSSR count). The van der Waals surface area contributed by atoms with Gasteiger partial charge in [0.2, 0.25) is 0 Å². The van der Waals surface area contributed by atoms with Crippen LogP contribution in [0.4, 0.5) is 0 Å². The number of hydrogen-bond donors (Lipinski definition) is 0. The van der Waals surface area contributed by atoms with E-state index in [0.717, 1.165) is 18.5 Å². The maximum atomic E-state index is 4.04. The highest BCUT2D eigenvalue weighted by atomic mass is 15.1. The molecule has 0 N–H and O–H groups in total. The molecule has 2 heteroatoms. The fraction of sp³-hybridized carbons (Fsp3) is 0.333. The Kier molecular flexibility index (Phi) is 4.62. The molecule has 14 heavy (non-hydrogen) atoms. The van der Waals surface area contributed by atoms with E-state index in [4.69, 9.17) is 0 Å². The van der Waals surface area contributed by atoms with Gasteiger partial charge in [0, 0.05) is 7.05 Å². The summed E-state index contributed by atoms with van der Waals surface area (Å²) in [6, 6.07) is 10.4. The van der Waals surface area contributed by atoms with Gasteiger partial charge in [-0.25, -0.2) is 0 Å². The molecule has 0 heterocycles.